The van der Waals surface area contributed by atoms with Gasteiger partial charge < -0.3 is 10.2 Å². The highest BCUT2D eigenvalue weighted by Gasteiger charge is 2.33. The predicted octanol–water partition coefficient (Wildman–Crippen LogP) is 4.88. The summed E-state index contributed by atoms with van der Waals surface area (Å²) in [4.78, 5) is 28.2. The van der Waals surface area contributed by atoms with Gasteiger partial charge >= 0.3 is 0 Å². The zero-order valence-electron chi connectivity index (χ0n) is 22.0. The van der Waals surface area contributed by atoms with E-state index in [-0.39, 0.29) is 29.5 Å². The summed E-state index contributed by atoms with van der Waals surface area (Å²) in [6, 6.07) is 17.0. The largest absolute Gasteiger partial charge is 0.354 e. The number of unbranched alkanes of at least 4 members (excludes halogenated alkanes) is 1. The summed E-state index contributed by atoms with van der Waals surface area (Å²) in [7, 11) is -4.23. The smallest absolute Gasteiger partial charge is 0.264 e. The fraction of sp³-hybridized carbons (Fsp3) is 0.310. The molecule has 0 bridgehead atoms. The van der Waals surface area contributed by atoms with Gasteiger partial charge in [-0.05, 0) is 66.9 Å². The van der Waals surface area contributed by atoms with Crippen LogP contribution in [0.1, 0.15) is 38.7 Å². The quantitative estimate of drug-likeness (QED) is 0.304. The van der Waals surface area contributed by atoms with E-state index in [1.54, 1.807) is 25.1 Å². The lowest BCUT2D eigenvalue weighted by Crippen LogP contribution is -2.52. The molecule has 39 heavy (non-hydrogen) atoms. The van der Waals surface area contributed by atoms with Gasteiger partial charge in [-0.25, -0.2) is 17.2 Å². The Morgan fingerprint density at radius 1 is 0.872 bits per heavy atom. The lowest BCUT2D eigenvalue weighted by atomic mass is 10.1. The third kappa shape index (κ3) is 7.86. The van der Waals surface area contributed by atoms with E-state index in [9.17, 15) is 26.8 Å². The molecule has 0 aromatic heterocycles. The Hall–Kier alpha value is -3.79. The van der Waals surface area contributed by atoms with Gasteiger partial charge in [0.15, 0.2) is 0 Å². The maximum Gasteiger partial charge on any atom is 0.264 e. The van der Waals surface area contributed by atoms with Gasteiger partial charge in [0.25, 0.3) is 10.0 Å². The van der Waals surface area contributed by atoms with Crippen molar-refractivity contribution >= 4 is 27.5 Å². The molecule has 208 valence electrons. The molecular weight excluding hydrogens is 524 g/mol. The number of sulfonamides is 1. The Morgan fingerprint density at radius 2 is 1.46 bits per heavy atom. The van der Waals surface area contributed by atoms with Gasteiger partial charge in [-0.1, -0.05) is 50.6 Å². The zero-order chi connectivity index (χ0) is 28.4. The van der Waals surface area contributed by atoms with E-state index in [0.717, 1.165) is 29.3 Å². The highest BCUT2D eigenvalue weighted by Crippen LogP contribution is 2.25. The van der Waals surface area contributed by atoms with E-state index in [1.807, 2.05) is 6.92 Å². The molecule has 0 unspecified atom stereocenters. The molecule has 0 saturated heterocycles. The van der Waals surface area contributed by atoms with E-state index < -0.39 is 40.2 Å². The van der Waals surface area contributed by atoms with Gasteiger partial charge in [-0.15, -0.1) is 0 Å². The molecule has 2 amide bonds. The summed E-state index contributed by atoms with van der Waals surface area (Å²) in [5, 5.41) is 2.85. The average Bonchev–Trinajstić information content (AvgIpc) is 2.93. The second-order valence-corrected chi connectivity index (χ2v) is 10.9. The molecule has 3 aromatic carbocycles. The van der Waals surface area contributed by atoms with Crippen LogP contribution in [0.2, 0.25) is 0 Å². The van der Waals surface area contributed by atoms with Crippen molar-refractivity contribution in [3.63, 3.8) is 0 Å². The molecule has 3 rings (SSSR count). The van der Waals surface area contributed by atoms with Gasteiger partial charge in [0.1, 0.15) is 24.2 Å². The number of hydrogen-bond acceptors (Lipinski definition) is 4. The van der Waals surface area contributed by atoms with Crippen molar-refractivity contribution in [3.05, 3.63) is 96.1 Å². The number of nitrogens with zero attached hydrogens (tertiary/aromatic N) is 2. The summed E-state index contributed by atoms with van der Waals surface area (Å²) >= 11 is 0. The SMILES string of the molecule is CCCCNC(=O)[C@@H](CC)N(Cc1ccc(F)cc1)C(=O)CN(c1ccc(F)cc1)S(=O)(=O)c1ccccc1. The second kappa shape index (κ2) is 13.8. The summed E-state index contributed by atoms with van der Waals surface area (Å²) < 4.78 is 55.5. The first-order valence-electron chi connectivity index (χ1n) is 12.8. The van der Waals surface area contributed by atoms with Crippen molar-refractivity contribution in [3.8, 4) is 0 Å². The number of nitrogens with one attached hydrogen (secondary N) is 1. The molecule has 0 spiro atoms. The maximum absolute atomic E-state index is 13.9. The molecule has 10 heteroatoms. The van der Waals surface area contributed by atoms with Crippen LogP contribution in [0.15, 0.2) is 83.8 Å². The minimum atomic E-state index is -4.23. The first-order chi connectivity index (χ1) is 18.7. The first kappa shape index (κ1) is 29.8. The molecule has 0 radical (unpaired) electrons. The van der Waals surface area contributed by atoms with Crippen LogP contribution in [-0.2, 0) is 26.2 Å². The van der Waals surface area contributed by atoms with Crippen LogP contribution in [0.25, 0.3) is 0 Å². The number of rotatable bonds is 13. The van der Waals surface area contributed by atoms with Gasteiger partial charge in [0, 0.05) is 13.1 Å². The first-order valence-corrected chi connectivity index (χ1v) is 14.3. The lowest BCUT2D eigenvalue weighted by molar-refractivity contribution is -0.140. The van der Waals surface area contributed by atoms with Crippen LogP contribution in [0.3, 0.4) is 0 Å². The van der Waals surface area contributed by atoms with Crippen LogP contribution in [-0.4, -0.2) is 44.3 Å². The Balaban J connectivity index is 2.01. The fourth-order valence-corrected chi connectivity index (χ4v) is 5.50. The van der Waals surface area contributed by atoms with Crippen LogP contribution < -0.4 is 9.62 Å². The van der Waals surface area contributed by atoms with Crippen molar-refractivity contribution in [2.24, 2.45) is 0 Å². The minimum absolute atomic E-state index is 0.0402. The van der Waals surface area contributed by atoms with Gasteiger partial charge in [0.2, 0.25) is 11.8 Å². The number of benzene rings is 3. The number of halogens is 2. The third-order valence-corrected chi connectivity index (χ3v) is 7.99. The van der Waals surface area contributed by atoms with Crippen molar-refractivity contribution in [2.75, 3.05) is 17.4 Å². The van der Waals surface area contributed by atoms with Gasteiger partial charge in [0.05, 0.1) is 10.6 Å². The molecule has 0 aliphatic heterocycles. The topological polar surface area (TPSA) is 86.8 Å². The summed E-state index contributed by atoms with van der Waals surface area (Å²) in [6.07, 6.45) is 1.91. The average molecular weight is 558 g/mol. The molecule has 0 fully saturated rings. The molecule has 1 N–H and O–H groups in total. The second-order valence-electron chi connectivity index (χ2n) is 9.02. The molecule has 0 saturated carbocycles. The van der Waals surface area contributed by atoms with Crippen LogP contribution in [0.4, 0.5) is 14.5 Å². The Bertz CT molecular complexity index is 1340. The van der Waals surface area contributed by atoms with Crippen LogP contribution >= 0.6 is 0 Å². The third-order valence-electron chi connectivity index (χ3n) is 6.21. The van der Waals surface area contributed by atoms with E-state index in [2.05, 4.69) is 5.32 Å². The van der Waals surface area contributed by atoms with Crippen molar-refractivity contribution in [1.82, 2.24) is 10.2 Å². The Kier molecular flexibility index (Phi) is 10.6. The van der Waals surface area contributed by atoms with Gasteiger partial charge in [-0.3, -0.25) is 13.9 Å². The number of amides is 2. The number of carbonyl (C=O) groups is 2. The Labute approximate surface area is 228 Å². The Morgan fingerprint density at radius 3 is 2.03 bits per heavy atom. The molecule has 0 aliphatic carbocycles. The molecule has 0 aliphatic rings. The predicted molar refractivity (Wildman–Crippen MR) is 146 cm³/mol. The van der Waals surface area contributed by atoms with E-state index in [1.165, 1.54) is 53.4 Å². The lowest BCUT2D eigenvalue weighted by Gasteiger charge is -2.33. The van der Waals surface area contributed by atoms with Crippen molar-refractivity contribution < 1.29 is 26.8 Å². The molecule has 3 aromatic rings. The normalized spacial score (nSPS) is 12.0. The van der Waals surface area contributed by atoms with Crippen molar-refractivity contribution in [2.45, 2.75) is 50.6 Å². The zero-order valence-corrected chi connectivity index (χ0v) is 22.8. The highest BCUT2D eigenvalue weighted by atomic mass is 32.2. The summed E-state index contributed by atoms with van der Waals surface area (Å²) in [5.74, 6) is -2.01. The fourth-order valence-electron chi connectivity index (χ4n) is 4.07. The molecule has 0 heterocycles. The van der Waals surface area contributed by atoms with Crippen LogP contribution in [0.5, 0.6) is 0 Å². The summed E-state index contributed by atoms with van der Waals surface area (Å²) in [5.41, 5.74) is 0.666. The van der Waals surface area contributed by atoms with Crippen molar-refractivity contribution in [1.29, 1.82) is 0 Å². The highest BCUT2D eigenvalue weighted by molar-refractivity contribution is 7.92. The van der Waals surface area contributed by atoms with Crippen LogP contribution in [0, 0.1) is 11.6 Å². The summed E-state index contributed by atoms with van der Waals surface area (Å²) in [6.45, 7) is 3.51. The molecule has 7 nitrogen and oxygen atoms in total. The van der Waals surface area contributed by atoms with E-state index >= 15 is 0 Å². The monoisotopic (exact) mass is 557 g/mol. The van der Waals surface area contributed by atoms with E-state index in [0.29, 0.717) is 12.1 Å². The van der Waals surface area contributed by atoms with E-state index in [4.69, 9.17) is 0 Å². The number of anilines is 1. The maximum atomic E-state index is 13.9. The number of carbonyl (C=O) groups excluding carboxylic acids is 2. The minimum Gasteiger partial charge on any atom is -0.354 e. The number of hydrogen-bond donors (Lipinski definition) is 1. The standard InChI is InChI=1S/C29H33F2N3O4S/c1-3-5-19-32-29(36)27(4-2)33(20-22-11-13-23(30)14-12-22)28(35)21-34(25-17-15-24(31)16-18-25)39(37,38)26-9-7-6-8-10-26/h6-18,27H,3-5,19-21H2,1-2H3,(H,32,36)/t27-/m1/s1. The molecular formula is C29H33F2N3O4S. The molecule has 1 atom stereocenters. The van der Waals surface area contributed by atoms with Gasteiger partial charge in [-0.2, -0.15) is 0 Å².